The maximum atomic E-state index is 11.0. The Kier molecular flexibility index (Phi) is 14.1. The standard InChI is InChI=1S/C8H18O3P.C3H5N/c1-7(2)5-10-12(9)11-6-8(3)4;1-2-3-4/h7-8H,5-6H2,1-4H3;2H2,1H3/q+1;. The first kappa shape index (κ1) is 17.9. The van der Waals surface area contributed by atoms with Crippen molar-refractivity contribution in [3.8, 4) is 6.07 Å². The first-order chi connectivity index (χ1) is 7.43. The van der Waals surface area contributed by atoms with Crippen LogP contribution in [0.1, 0.15) is 41.0 Å². The van der Waals surface area contributed by atoms with Gasteiger partial charge in [-0.15, -0.1) is 9.05 Å². The van der Waals surface area contributed by atoms with Gasteiger partial charge in [0.1, 0.15) is 13.2 Å². The Labute approximate surface area is 99.9 Å². The molecule has 0 aromatic rings. The summed E-state index contributed by atoms with van der Waals surface area (Å²) in [7, 11) is -1.90. The minimum Gasteiger partial charge on any atom is -0.198 e. The molecule has 0 aliphatic heterocycles. The molecule has 0 N–H and O–H groups in total. The Bertz CT molecular complexity index is 198. The largest absolute Gasteiger partial charge is 0.697 e. The molecule has 4 nitrogen and oxygen atoms in total. The number of hydrogen-bond donors (Lipinski definition) is 0. The van der Waals surface area contributed by atoms with Crippen molar-refractivity contribution in [3.63, 3.8) is 0 Å². The maximum Gasteiger partial charge on any atom is 0.697 e. The molecule has 94 valence electrons. The van der Waals surface area contributed by atoms with Crippen molar-refractivity contribution < 1.29 is 13.6 Å². The summed E-state index contributed by atoms with van der Waals surface area (Å²) in [5.41, 5.74) is 0. The van der Waals surface area contributed by atoms with Crippen LogP contribution in [-0.4, -0.2) is 13.2 Å². The van der Waals surface area contributed by atoms with Crippen molar-refractivity contribution in [3.05, 3.63) is 0 Å². The van der Waals surface area contributed by atoms with Gasteiger partial charge < -0.3 is 0 Å². The summed E-state index contributed by atoms with van der Waals surface area (Å²) in [6, 6.07) is 1.93. The molecule has 0 aromatic heterocycles. The molecule has 0 aliphatic rings. The van der Waals surface area contributed by atoms with Gasteiger partial charge in [0.15, 0.2) is 0 Å². The lowest BCUT2D eigenvalue weighted by molar-refractivity contribution is 0.192. The highest BCUT2D eigenvalue weighted by Crippen LogP contribution is 2.25. The topological polar surface area (TPSA) is 59.3 Å². The van der Waals surface area contributed by atoms with Crippen LogP contribution in [0.15, 0.2) is 0 Å². The van der Waals surface area contributed by atoms with Gasteiger partial charge in [0.25, 0.3) is 0 Å². The predicted octanol–water partition coefficient (Wildman–Crippen LogP) is 3.91. The predicted molar refractivity (Wildman–Crippen MR) is 65.1 cm³/mol. The van der Waals surface area contributed by atoms with Crippen molar-refractivity contribution in [2.45, 2.75) is 41.0 Å². The molecule has 0 aromatic carbocycles. The Morgan fingerprint density at radius 1 is 1.12 bits per heavy atom. The maximum absolute atomic E-state index is 11.0. The fourth-order valence-electron chi connectivity index (χ4n) is 0.457. The molecule has 0 rings (SSSR count). The van der Waals surface area contributed by atoms with Gasteiger partial charge in [0.2, 0.25) is 0 Å². The number of nitriles is 1. The van der Waals surface area contributed by atoms with Crippen molar-refractivity contribution in [2.24, 2.45) is 11.8 Å². The molecule has 0 saturated heterocycles. The van der Waals surface area contributed by atoms with Crippen LogP contribution in [0.2, 0.25) is 0 Å². The van der Waals surface area contributed by atoms with Gasteiger partial charge in [-0.3, -0.25) is 0 Å². The summed E-state index contributed by atoms with van der Waals surface area (Å²) in [6.45, 7) is 10.8. The van der Waals surface area contributed by atoms with E-state index < -0.39 is 8.25 Å². The highest BCUT2D eigenvalue weighted by atomic mass is 31.1. The van der Waals surface area contributed by atoms with Crippen molar-refractivity contribution in [1.82, 2.24) is 0 Å². The minimum absolute atomic E-state index is 0.395. The van der Waals surface area contributed by atoms with Gasteiger partial charge >= 0.3 is 8.25 Å². The lowest BCUT2D eigenvalue weighted by Crippen LogP contribution is -2.00. The van der Waals surface area contributed by atoms with Crippen molar-refractivity contribution in [1.29, 1.82) is 5.26 Å². The Balaban J connectivity index is 0. The molecule has 0 amide bonds. The summed E-state index contributed by atoms with van der Waals surface area (Å²) in [5.74, 6) is 0.790. The molecule has 0 heterocycles. The van der Waals surface area contributed by atoms with E-state index in [-0.39, 0.29) is 0 Å². The monoisotopic (exact) mass is 248 g/mol. The molecule has 0 atom stereocenters. The third kappa shape index (κ3) is 19.1. The van der Waals surface area contributed by atoms with Crippen LogP contribution in [0, 0.1) is 23.2 Å². The van der Waals surface area contributed by atoms with Crippen LogP contribution < -0.4 is 0 Å². The number of hydrogen-bond acceptors (Lipinski definition) is 4. The van der Waals surface area contributed by atoms with Gasteiger partial charge in [0.05, 0.1) is 6.07 Å². The molecule has 0 radical (unpaired) electrons. The SMILES string of the molecule is CC(C)CO[P+](=O)OCC(C)C.CCC#N. The van der Waals surface area contributed by atoms with E-state index in [0.717, 1.165) is 0 Å². The van der Waals surface area contributed by atoms with E-state index in [9.17, 15) is 4.57 Å². The molecular formula is C11H23NO3P+. The smallest absolute Gasteiger partial charge is 0.198 e. The van der Waals surface area contributed by atoms with Crippen LogP contribution in [0.3, 0.4) is 0 Å². The van der Waals surface area contributed by atoms with Gasteiger partial charge in [-0.1, -0.05) is 34.6 Å². The third-order valence-electron chi connectivity index (χ3n) is 1.18. The summed E-state index contributed by atoms with van der Waals surface area (Å²) >= 11 is 0. The molecular weight excluding hydrogens is 225 g/mol. The quantitative estimate of drug-likeness (QED) is 0.668. The average molecular weight is 248 g/mol. The molecule has 0 fully saturated rings. The minimum atomic E-state index is -1.90. The molecule has 16 heavy (non-hydrogen) atoms. The van der Waals surface area contributed by atoms with E-state index in [1.54, 1.807) is 0 Å². The number of nitrogens with zero attached hydrogens (tertiary/aromatic N) is 1. The van der Waals surface area contributed by atoms with Crippen LogP contribution in [0.25, 0.3) is 0 Å². The molecule has 0 aliphatic carbocycles. The zero-order chi connectivity index (χ0) is 13.0. The van der Waals surface area contributed by atoms with Gasteiger partial charge in [-0.25, -0.2) is 0 Å². The highest BCUT2D eigenvalue weighted by molar-refractivity contribution is 7.33. The normalized spacial score (nSPS) is 9.62. The van der Waals surface area contributed by atoms with Crippen molar-refractivity contribution >= 4 is 8.25 Å². The van der Waals surface area contributed by atoms with E-state index in [2.05, 4.69) is 0 Å². The van der Waals surface area contributed by atoms with Crippen LogP contribution >= 0.6 is 8.25 Å². The van der Waals surface area contributed by atoms with Crippen molar-refractivity contribution in [2.75, 3.05) is 13.2 Å². The summed E-state index contributed by atoms with van der Waals surface area (Å²) < 4.78 is 20.8. The van der Waals surface area contributed by atoms with Crippen LogP contribution in [0.5, 0.6) is 0 Å². The first-order valence-electron chi connectivity index (χ1n) is 5.54. The van der Waals surface area contributed by atoms with E-state index in [0.29, 0.717) is 31.5 Å². The van der Waals surface area contributed by atoms with E-state index >= 15 is 0 Å². The lowest BCUT2D eigenvalue weighted by Gasteiger charge is -1.97. The zero-order valence-electron chi connectivity index (χ0n) is 10.9. The third-order valence-corrected chi connectivity index (χ3v) is 1.90. The molecule has 0 saturated carbocycles. The molecule has 0 spiro atoms. The van der Waals surface area contributed by atoms with Gasteiger partial charge in [-0.2, -0.15) is 5.26 Å². The molecule has 0 unspecified atom stereocenters. The fraction of sp³-hybridized carbons (Fsp3) is 0.909. The highest BCUT2D eigenvalue weighted by Gasteiger charge is 2.20. The number of rotatable bonds is 6. The summed E-state index contributed by atoms with van der Waals surface area (Å²) in [4.78, 5) is 0. The van der Waals surface area contributed by atoms with Crippen LogP contribution in [-0.2, 0) is 13.6 Å². The Morgan fingerprint density at radius 3 is 1.62 bits per heavy atom. The summed E-state index contributed by atoms with van der Waals surface area (Å²) in [5, 5.41) is 7.62. The Morgan fingerprint density at radius 2 is 1.44 bits per heavy atom. The molecule has 0 bridgehead atoms. The fourth-order valence-corrected chi connectivity index (χ4v) is 1.37. The van der Waals surface area contributed by atoms with E-state index in [1.165, 1.54) is 0 Å². The Hall–Kier alpha value is -0.490. The second kappa shape index (κ2) is 12.6. The van der Waals surface area contributed by atoms with E-state index in [1.807, 2.05) is 40.7 Å². The lowest BCUT2D eigenvalue weighted by atomic mass is 10.2. The second-order valence-electron chi connectivity index (χ2n) is 4.11. The average Bonchev–Trinajstić information content (AvgIpc) is 2.23. The van der Waals surface area contributed by atoms with Gasteiger partial charge in [-0.05, 0) is 11.8 Å². The van der Waals surface area contributed by atoms with Crippen LogP contribution in [0.4, 0.5) is 0 Å². The van der Waals surface area contributed by atoms with E-state index in [4.69, 9.17) is 14.3 Å². The summed E-state index contributed by atoms with van der Waals surface area (Å²) in [6.07, 6.45) is 0.625. The van der Waals surface area contributed by atoms with Gasteiger partial charge in [0, 0.05) is 11.0 Å². The zero-order valence-corrected chi connectivity index (χ0v) is 11.8. The first-order valence-corrected chi connectivity index (χ1v) is 6.63. The molecule has 5 heteroatoms. The second-order valence-corrected chi connectivity index (χ2v) is 5.08.